The summed E-state index contributed by atoms with van der Waals surface area (Å²) < 4.78 is 0. The first kappa shape index (κ1) is 26.3. The topological polar surface area (TPSA) is 191 Å². The van der Waals surface area contributed by atoms with Gasteiger partial charge in [-0.05, 0) is 32.1 Å². The maximum atomic E-state index is 13.2. The lowest BCUT2D eigenvalue weighted by Gasteiger charge is -2.31. The number of H-pyrrole nitrogens is 1. The molecule has 33 heavy (non-hydrogen) atoms. The number of hydrogen-bond donors (Lipinski definition) is 6. The van der Waals surface area contributed by atoms with Crippen molar-refractivity contribution in [3.63, 3.8) is 0 Å². The van der Waals surface area contributed by atoms with Gasteiger partial charge >= 0.3 is 5.97 Å². The van der Waals surface area contributed by atoms with Crippen LogP contribution in [-0.4, -0.2) is 85.6 Å². The molecule has 3 amide bonds. The number of likely N-dealkylation sites (tertiary alicyclic amines) is 1. The molecule has 0 radical (unpaired) electrons. The van der Waals surface area contributed by atoms with Gasteiger partial charge in [-0.1, -0.05) is 13.8 Å². The lowest BCUT2D eigenvalue weighted by Crippen LogP contribution is -2.59. The molecule has 0 bridgehead atoms. The standard InChI is InChI=1S/C21H34N6O6/c1-11(2)7-14(22)18(29)26-17(12(3)28)20(31)27-6-4-5-16(27)19(30)25-15(21(32)33)8-13-9-23-10-24-13/h9-12,14-17,28H,4-8,22H2,1-3H3,(H,23,24)(H,25,30)(H,26,29)(H,32,33). The molecule has 2 rings (SSSR count). The Balaban J connectivity index is 2.08. The monoisotopic (exact) mass is 466 g/mol. The summed E-state index contributed by atoms with van der Waals surface area (Å²) in [6, 6.07) is -4.24. The number of amides is 3. The Morgan fingerprint density at radius 3 is 2.52 bits per heavy atom. The Kier molecular flexibility index (Phi) is 9.35. The van der Waals surface area contributed by atoms with Gasteiger partial charge in [0.2, 0.25) is 17.7 Å². The summed E-state index contributed by atoms with van der Waals surface area (Å²) in [6.45, 7) is 5.43. The predicted molar refractivity (Wildman–Crippen MR) is 118 cm³/mol. The van der Waals surface area contributed by atoms with Crippen molar-refractivity contribution in [2.75, 3.05) is 6.54 Å². The van der Waals surface area contributed by atoms with Gasteiger partial charge in [0.25, 0.3) is 0 Å². The molecule has 1 aliphatic rings. The molecule has 5 atom stereocenters. The molecular formula is C21H34N6O6. The average molecular weight is 467 g/mol. The highest BCUT2D eigenvalue weighted by Gasteiger charge is 2.40. The van der Waals surface area contributed by atoms with Crippen molar-refractivity contribution in [2.45, 2.75) is 76.7 Å². The van der Waals surface area contributed by atoms with Crippen molar-refractivity contribution in [3.8, 4) is 0 Å². The van der Waals surface area contributed by atoms with E-state index >= 15 is 0 Å². The number of imidazole rings is 1. The van der Waals surface area contributed by atoms with Gasteiger partial charge in [-0.15, -0.1) is 0 Å². The van der Waals surface area contributed by atoms with Crippen molar-refractivity contribution >= 4 is 23.7 Å². The fourth-order valence-corrected chi connectivity index (χ4v) is 3.83. The SMILES string of the molecule is CC(C)CC(N)C(=O)NC(C(=O)N1CCCC1C(=O)NC(Cc1cnc[nH]1)C(=O)O)C(C)O. The van der Waals surface area contributed by atoms with E-state index in [1.807, 2.05) is 13.8 Å². The van der Waals surface area contributed by atoms with Crippen molar-refractivity contribution < 1.29 is 29.4 Å². The van der Waals surface area contributed by atoms with E-state index in [0.29, 0.717) is 25.0 Å². The van der Waals surface area contributed by atoms with Gasteiger partial charge in [0.05, 0.1) is 18.5 Å². The highest BCUT2D eigenvalue weighted by atomic mass is 16.4. The molecule has 12 heteroatoms. The highest BCUT2D eigenvalue weighted by molar-refractivity contribution is 5.94. The zero-order valence-electron chi connectivity index (χ0n) is 19.2. The second kappa shape index (κ2) is 11.8. The third-order valence-electron chi connectivity index (χ3n) is 5.54. The number of aliphatic hydroxyl groups excluding tert-OH is 1. The second-order valence-electron chi connectivity index (χ2n) is 8.83. The van der Waals surface area contributed by atoms with Crippen LogP contribution in [0.5, 0.6) is 0 Å². The molecule has 0 aliphatic carbocycles. The number of aromatic amines is 1. The number of nitrogens with one attached hydrogen (secondary N) is 3. The molecule has 1 saturated heterocycles. The van der Waals surface area contributed by atoms with Gasteiger partial charge in [0, 0.05) is 24.9 Å². The van der Waals surface area contributed by atoms with Crippen LogP contribution in [-0.2, 0) is 25.6 Å². The van der Waals surface area contributed by atoms with Crippen LogP contribution in [0.15, 0.2) is 12.5 Å². The first-order chi connectivity index (χ1) is 15.5. The first-order valence-corrected chi connectivity index (χ1v) is 11.1. The average Bonchev–Trinajstić information content (AvgIpc) is 3.41. The number of carbonyl (C=O) groups excluding carboxylic acids is 3. The van der Waals surface area contributed by atoms with E-state index in [2.05, 4.69) is 20.6 Å². The molecule has 184 valence electrons. The van der Waals surface area contributed by atoms with Crippen LogP contribution in [0, 0.1) is 5.92 Å². The van der Waals surface area contributed by atoms with E-state index in [9.17, 15) is 29.4 Å². The van der Waals surface area contributed by atoms with Gasteiger partial charge in [0.1, 0.15) is 18.1 Å². The third-order valence-corrected chi connectivity index (χ3v) is 5.54. The maximum Gasteiger partial charge on any atom is 0.326 e. The number of carboxylic acids is 1. The van der Waals surface area contributed by atoms with Crippen molar-refractivity contribution in [1.82, 2.24) is 25.5 Å². The third kappa shape index (κ3) is 7.26. The number of aromatic nitrogens is 2. The Bertz CT molecular complexity index is 827. The number of carboxylic acid groups (broad SMARTS) is 1. The van der Waals surface area contributed by atoms with Gasteiger partial charge in [0.15, 0.2) is 0 Å². The minimum atomic E-state index is -1.27. The van der Waals surface area contributed by atoms with E-state index in [4.69, 9.17) is 5.73 Å². The summed E-state index contributed by atoms with van der Waals surface area (Å²) in [5, 5.41) is 24.6. The maximum absolute atomic E-state index is 13.2. The summed E-state index contributed by atoms with van der Waals surface area (Å²) in [6.07, 6.45) is 2.93. The van der Waals surface area contributed by atoms with E-state index in [-0.39, 0.29) is 18.9 Å². The Morgan fingerprint density at radius 1 is 1.27 bits per heavy atom. The van der Waals surface area contributed by atoms with E-state index in [0.717, 1.165) is 0 Å². The Labute approximate surface area is 192 Å². The summed E-state index contributed by atoms with van der Waals surface area (Å²) in [4.78, 5) is 58.0. The quantitative estimate of drug-likeness (QED) is 0.233. The molecule has 1 fully saturated rings. The van der Waals surface area contributed by atoms with E-state index < -0.39 is 54.0 Å². The molecule has 1 aromatic rings. The number of aliphatic carboxylic acids is 1. The lowest BCUT2D eigenvalue weighted by atomic mass is 10.0. The van der Waals surface area contributed by atoms with Gasteiger partial charge in [-0.2, -0.15) is 0 Å². The van der Waals surface area contributed by atoms with E-state index in [1.165, 1.54) is 24.3 Å². The highest BCUT2D eigenvalue weighted by Crippen LogP contribution is 2.20. The summed E-state index contributed by atoms with van der Waals surface area (Å²) in [5.41, 5.74) is 6.43. The largest absolute Gasteiger partial charge is 0.480 e. The molecule has 2 heterocycles. The number of rotatable bonds is 11. The van der Waals surface area contributed by atoms with Gasteiger partial charge in [-0.3, -0.25) is 14.4 Å². The van der Waals surface area contributed by atoms with Crippen molar-refractivity contribution in [3.05, 3.63) is 18.2 Å². The fraction of sp³-hybridized carbons (Fsp3) is 0.667. The first-order valence-electron chi connectivity index (χ1n) is 11.1. The fourth-order valence-electron chi connectivity index (χ4n) is 3.83. The lowest BCUT2D eigenvalue weighted by molar-refractivity contribution is -0.146. The van der Waals surface area contributed by atoms with Gasteiger partial charge < -0.3 is 36.5 Å². The molecule has 5 unspecified atom stereocenters. The number of hydrogen-bond acceptors (Lipinski definition) is 7. The van der Waals surface area contributed by atoms with Crippen LogP contribution >= 0.6 is 0 Å². The van der Waals surface area contributed by atoms with Crippen LogP contribution < -0.4 is 16.4 Å². The number of carbonyl (C=O) groups is 4. The molecule has 0 spiro atoms. The summed E-state index contributed by atoms with van der Waals surface area (Å²) in [5.74, 6) is -2.84. The predicted octanol–water partition coefficient (Wildman–Crippen LogP) is -1.25. The normalized spacial score (nSPS) is 19.6. The molecule has 12 nitrogen and oxygen atoms in total. The summed E-state index contributed by atoms with van der Waals surface area (Å²) >= 11 is 0. The Hall–Kier alpha value is -2.99. The number of nitrogens with zero attached hydrogens (tertiary/aromatic N) is 2. The van der Waals surface area contributed by atoms with Crippen LogP contribution in [0.1, 0.15) is 45.7 Å². The van der Waals surface area contributed by atoms with Crippen molar-refractivity contribution in [1.29, 1.82) is 0 Å². The Morgan fingerprint density at radius 2 is 1.97 bits per heavy atom. The minimum absolute atomic E-state index is 0.00182. The van der Waals surface area contributed by atoms with E-state index in [1.54, 1.807) is 0 Å². The minimum Gasteiger partial charge on any atom is -0.480 e. The van der Waals surface area contributed by atoms with Crippen LogP contribution in [0.3, 0.4) is 0 Å². The molecule has 0 saturated carbocycles. The molecule has 7 N–H and O–H groups in total. The summed E-state index contributed by atoms with van der Waals surface area (Å²) in [7, 11) is 0. The van der Waals surface area contributed by atoms with Crippen LogP contribution in [0.2, 0.25) is 0 Å². The second-order valence-corrected chi connectivity index (χ2v) is 8.83. The zero-order chi connectivity index (χ0) is 24.7. The molecule has 1 aromatic heterocycles. The van der Waals surface area contributed by atoms with Crippen molar-refractivity contribution in [2.24, 2.45) is 11.7 Å². The number of nitrogens with two attached hydrogens (primary N) is 1. The molecular weight excluding hydrogens is 432 g/mol. The number of aliphatic hydroxyl groups is 1. The van der Waals surface area contributed by atoms with Gasteiger partial charge in [-0.25, -0.2) is 9.78 Å². The zero-order valence-corrected chi connectivity index (χ0v) is 19.2. The van der Waals surface area contributed by atoms with Crippen LogP contribution in [0.25, 0.3) is 0 Å². The van der Waals surface area contributed by atoms with Crippen LogP contribution in [0.4, 0.5) is 0 Å². The molecule has 1 aliphatic heterocycles. The molecule has 0 aromatic carbocycles. The smallest absolute Gasteiger partial charge is 0.326 e.